The number of aliphatic hydroxyl groups is 3. The first-order chi connectivity index (χ1) is 10.3. The molecule has 0 heterocycles. The Morgan fingerprint density at radius 2 is 0.955 bits per heavy atom. The molecule has 0 saturated carbocycles. The normalized spacial score (nSPS) is 10.9. The first-order valence-electron chi connectivity index (χ1n) is 8.21. The van der Waals surface area contributed by atoms with Gasteiger partial charge in [0.1, 0.15) is 0 Å². The molecule has 0 radical (unpaired) electrons. The number of aliphatic hydroxyl groups excluding tert-OH is 3. The molecule has 0 fully saturated rings. The molecule has 6 nitrogen and oxygen atoms in total. The fraction of sp³-hybridized carbons (Fsp3) is 1.00. The molecule has 0 aromatic carbocycles. The third kappa shape index (κ3) is 22.0. The predicted octanol–water partition coefficient (Wildman–Crippen LogP) is 0.357. The molecule has 0 rings (SSSR count). The van der Waals surface area contributed by atoms with Gasteiger partial charge < -0.3 is 30.9 Å². The van der Waals surface area contributed by atoms with E-state index in [1.54, 1.807) is 0 Å². The highest BCUT2D eigenvalue weighted by Gasteiger charge is 2.20. The molecular weight excluding hydrogens is 282 g/mol. The molecule has 0 bridgehead atoms. The van der Waals surface area contributed by atoms with Crippen molar-refractivity contribution in [1.82, 2.24) is 9.80 Å². The van der Waals surface area contributed by atoms with E-state index < -0.39 is 25.4 Å². The van der Waals surface area contributed by atoms with Crippen molar-refractivity contribution in [2.45, 2.75) is 45.6 Å². The van der Waals surface area contributed by atoms with Gasteiger partial charge in [-0.1, -0.05) is 20.8 Å². The Bertz CT molecular complexity index is 176. The van der Waals surface area contributed by atoms with Gasteiger partial charge >= 0.3 is 0 Å². The van der Waals surface area contributed by atoms with E-state index in [1.165, 1.54) is 38.9 Å². The molecule has 0 aromatic rings. The Balaban J connectivity index is -0.000000269. The summed E-state index contributed by atoms with van der Waals surface area (Å²) < 4.78 is 0. The highest BCUT2D eigenvalue weighted by Crippen LogP contribution is 1.95. The minimum atomic E-state index is -1.21. The van der Waals surface area contributed by atoms with Gasteiger partial charge in [-0.05, 0) is 60.0 Å². The summed E-state index contributed by atoms with van der Waals surface area (Å²) >= 11 is 0. The average Bonchev–Trinajstić information content (AvgIpc) is 2.47. The van der Waals surface area contributed by atoms with Crippen LogP contribution in [0.1, 0.15) is 40.0 Å². The summed E-state index contributed by atoms with van der Waals surface area (Å²) in [6.45, 7) is 9.37. The molecule has 22 heavy (non-hydrogen) atoms. The largest absolute Gasteiger partial charge is 0.394 e. The van der Waals surface area contributed by atoms with Crippen LogP contribution in [-0.2, 0) is 0 Å². The van der Waals surface area contributed by atoms with Crippen molar-refractivity contribution in [3.05, 3.63) is 0 Å². The summed E-state index contributed by atoms with van der Waals surface area (Å²) in [5.41, 5.74) is 3.94. The van der Waals surface area contributed by atoms with Crippen molar-refractivity contribution < 1.29 is 15.3 Å². The lowest BCUT2D eigenvalue weighted by atomic mass is 10.1. The fourth-order valence-electron chi connectivity index (χ4n) is 1.43. The maximum Gasteiger partial charge on any atom is 0.0856 e. The molecule has 0 atom stereocenters. The van der Waals surface area contributed by atoms with Gasteiger partial charge in [0.25, 0.3) is 0 Å². The van der Waals surface area contributed by atoms with Gasteiger partial charge in [0.05, 0.1) is 25.4 Å². The summed E-state index contributed by atoms with van der Waals surface area (Å²) in [5, 5.41) is 25.0. The second-order valence-corrected chi connectivity index (χ2v) is 6.02. The first kappa shape index (κ1) is 26.6. The van der Waals surface area contributed by atoms with E-state index in [1.807, 2.05) is 26.0 Å². The van der Waals surface area contributed by atoms with Crippen LogP contribution in [0, 0.1) is 0 Å². The predicted molar refractivity (Wildman–Crippen MR) is 95.1 cm³/mol. The molecule has 0 amide bonds. The lowest BCUT2D eigenvalue weighted by Gasteiger charge is -2.20. The van der Waals surface area contributed by atoms with E-state index in [9.17, 15) is 0 Å². The first-order valence-corrected chi connectivity index (χ1v) is 8.21. The zero-order valence-electron chi connectivity index (χ0n) is 15.7. The number of hydrogen-bond acceptors (Lipinski definition) is 6. The minimum Gasteiger partial charge on any atom is -0.394 e. The zero-order chi connectivity index (χ0) is 18.0. The van der Waals surface area contributed by atoms with Crippen LogP contribution in [0.5, 0.6) is 0 Å². The second-order valence-electron chi connectivity index (χ2n) is 6.02. The Kier molecular flexibility index (Phi) is 22.8. The van der Waals surface area contributed by atoms with Crippen molar-refractivity contribution in [1.29, 1.82) is 0 Å². The van der Waals surface area contributed by atoms with Crippen LogP contribution >= 0.6 is 0 Å². The maximum atomic E-state index is 8.34. The number of rotatable bonds is 9. The topological polar surface area (TPSA) is 93.2 Å². The number of nitrogens with two attached hydrogens (primary N) is 1. The van der Waals surface area contributed by atoms with Gasteiger partial charge in [-0.25, -0.2) is 0 Å². The zero-order valence-corrected chi connectivity index (χ0v) is 15.7. The smallest absolute Gasteiger partial charge is 0.0856 e. The summed E-state index contributed by atoms with van der Waals surface area (Å²) in [5.74, 6) is 0. The SMILES string of the molecule is CCCN(CCC)CCC.CN(C)C.NC(CO)(CO)CO. The van der Waals surface area contributed by atoms with Crippen LogP contribution in [0.4, 0.5) is 0 Å². The average molecular weight is 324 g/mol. The molecule has 0 aromatic heterocycles. The minimum absolute atomic E-state index is 0.403. The van der Waals surface area contributed by atoms with E-state index in [0.717, 1.165) is 0 Å². The van der Waals surface area contributed by atoms with E-state index >= 15 is 0 Å². The van der Waals surface area contributed by atoms with Crippen LogP contribution in [-0.4, -0.2) is 91.3 Å². The standard InChI is InChI=1S/C9H21N.C4H11NO3.C3H9N/c1-4-7-10(8-5-2)9-6-3;5-4(1-6,2-7)3-8;1-4(2)3/h4-9H2,1-3H3;6-8H,1-3,5H2;1-3H3. The molecular formula is C16H41N3O3. The van der Waals surface area contributed by atoms with Gasteiger partial charge in [-0.15, -0.1) is 0 Å². The molecule has 0 saturated heterocycles. The summed E-state index contributed by atoms with van der Waals surface area (Å²) in [6, 6.07) is 0. The van der Waals surface area contributed by atoms with E-state index in [0.29, 0.717) is 0 Å². The third-order valence-corrected chi connectivity index (χ3v) is 2.56. The summed E-state index contributed by atoms with van der Waals surface area (Å²) in [6.07, 6.45) is 3.88. The fourth-order valence-corrected chi connectivity index (χ4v) is 1.43. The third-order valence-electron chi connectivity index (χ3n) is 2.56. The van der Waals surface area contributed by atoms with Gasteiger partial charge in [0.15, 0.2) is 0 Å². The van der Waals surface area contributed by atoms with Crippen molar-refractivity contribution in [3.8, 4) is 0 Å². The molecule has 5 N–H and O–H groups in total. The number of nitrogens with zero attached hydrogens (tertiary/aromatic N) is 2. The molecule has 6 heteroatoms. The number of hydrogen-bond donors (Lipinski definition) is 4. The summed E-state index contributed by atoms with van der Waals surface area (Å²) in [7, 11) is 6.00. The van der Waals surface area contributed by atoms with Crippen molar-refractivity contribution >= 4 is 0 Å². The Morgan fingerprint density at radius 1 is 0.727 bits per heavy atom. The van der Waals surface area contributed by atoms with Gasteiger partial charge in [0, 0.05) is 0 Å². The van der Waals surface area contributed by atoms with Gasteiger partial charge in [-0.2, -0.15) is 0 Å². The Hall–Kier alpha value is -0.240. The van der Waals surface area contributed by atoms with Crippen molar-refractivity contribution in [2.24, 2.45) is 5.73 Å². The Morgan fingerprint density at radius 3 is 1.05 bits per heavy atom. The molecule has 0 unspecified atom stereocenters. The lowest BCUT2D eigenvalue weighted by Crippen LogP contribution is -2.50. The van der Waals surface area contributed by atoms with Crippen molar-refractivity contribution in [2.75, 3.05) is 60.6 Å². The van der Waals surface area contributed by atoms with Crippen LogP contribution in [0.2, 0.25) is 0 Å². The molecule has 138 valence electrons. The van der Waals surface area contributed by atoms with E-state index in [2.05, 4.69) is 25.7 Å². The lowest BCUT2D eigenvalue weighted by molar-refractivity contribution is 0.0698. The van der Waals surface area contributed by atoms with Gasteiger partial charge in [-0.3, -0.25) is 0 Å². The molecule has 0 aliphatic heterocycles. The summed E-state index contributed by atoms with van der Waals surface area (Å²) in [4.78, 5) is 4.54. The highest BCUT2D eigenvalue weighted by molar-refractivity contribution is 4.80. The molecule has 0 aliphatic rings. The van der Waals surface area contributed by atoms with Gasteiger partial charge in [0.2, 0.25) is 0 Å². The van der Waals surface area contributed by atoms with Crippen LogP contribution < -0.4 is 5.73 Å². The molecule has 0 aliphatic carbocycles. The monoisotopic (exact) mass is 323 g/mol. The van der Waals surface area contributed by atoms with E-state index in [-0.39, 0.29) is 0 Å². The van der Waals surface area contributed by atoms with Crippen LogP contribution in [0.25, 0.3) is 0 Å². The van der Waals surface area contributed by atoms with Crippen LogP contribution in [0.15, 0.2) is 0 Å². The Labute approximate surface area is 137 Å². The second kappa shape index (κ2) is 18.8. The molecule has 0 spiro atoms. The maximum absolute atomic E-state index is 8.34. The van der Waals surface area contributed by atoms with Crippen LogP contribution in [0.3, 0.4) is 0 Å². The highest BCUT2D eigenvalue weighted by atomic mass is 16.3. The quantitative estimate of drug-likeness (QED) is 0.489. The van der Waals surface area contributed by atoms with E-state index in [4.69, 9.17) is 21.1 Å². The van der Waals surface area contributed by atoms with Crippen molar-refractivity contribution in [3.63, 3.8) is 0 Å².